The van der Waals surface area contributed by atoms with Crippen molar-refractivity contribution < 1.29 is 13.2 Å². The average Bonchev–Trinajstić information content (AvgIpc) is 3.58. The molecule has 0 aliphatic carbocycles. The molecule has 0 spiro atoms. The maximum Gasteiger partial charge on any atom is 0.281 e. The third kappa shape index (κ3) is 3.93. The Morgan fingerprint density at radius 1 is 1.21 bits per heavy atom. The number of benzene rings is 1. The molecule has 168 valence electrons. The monoisotopic (exact) mass is 480 g/mol. The lowest BCUT2D eigenvalue weighted by Crippen LogP contribution is -2.27. The van der Waals surface area contributed by atoms with E-state index in [-0.39, 0.29) is 10.3 Å². The smallest absolute Gasteiger partial charge is 0.281 e. The Balaban J connectivity index is 1.41. The Hall–Kier alpha value is -3.44. The minimum atomic E-state index is -3.81. The molecule has 1 aliphatic heterocycles. The number of carbonyl (C=O) groups excluding carboxylic acids is 1. The number of pyridine rings is 1. The highest BCUT2D eigenvalue weighted by atomic mass is 32.2. The van der Waals surface area contributed by atoms with E-state index in [1.165, 1.54) is 23.6 Å². The summed E-state index contributed by atoms with van der Waals surface area (Å²) in [5.41, 5.74) is 2.06. The number of aromatic nitrogens is 4. The van der Waals surface area contributed by atoms with Crippen LogP contribution in [0.4, 0.5) is 5.69 Å². The first kappa shape index (κ1) is 21.4. The van der Waals surface area contributed by atoms with E-state index in [0.29, 0.717) is 30.1 Å². The van der Waals surface area contributed by atoms with Crippen molar-refractivity contribution >= 4 is 49.7 Å². The molecule has 4 aromatic rings. The summed E-state index contributed by atoms with van der Waals surface area (Å²) >= 11 is 1.63. The Morgan fingerprint density at radius 3 is 2.88 bits per heavy atom. The van der Waals surface area contributed by atoms with Gasteiger partial charge in [-0.2, -0.15) is 8.42 Å². The number of carbonyl (C=O) groups is 1. The number of hydrogen-bond donors (Lipinski definition) is 1. The fourth-order valence-electron chi connectivity index (χ4n) is 3.76. The molecular weight excluding hydrogens is 460 g/mol. The highest BCUT2D eigenvalue weighted by Crippen LogP contribution is 2.33. The normalized spacial score (nSPS) is 16.2. The van der Waals surface area contributed by atoms with Gasteiger partial charge in [0.1, 0.15) is 5.04 Å². The maximum atomic E-state index is 13.1. The number of fused-ring (bicyclic) bond motifs is 1. The van der Waals surface area contributed by atoms with Crippen LogP contribution in [0, 0.1) is 0 Å². The van der Waals surface area contributed by atoms with Crippen molar-refractivity contribution in [2.24, 2.45) is 4.99 Å². The van der Waals surface area contributed by atoms with Gasteiger partial charge in [0.15, 0.2) is 17.1 Å². The van der Waals surface area contributed by atoms with Crippen LogP contribution in [0.2, 0.25) is 0 Å². The summed E-state index contributed by atoms with van der Waals surface area (Å²) in [6.07, 6.45) is 5.60. The van der Waals surface area contributed by atoms with Gasteiger partial charge in [-0.05, 0) is 24.3 Å². The Bertz CT molecular complexity index is 1460. The third-order valence-corrected chi connectivity index (χ3v) is 8.33. The zero-order valence-electron chi connectivity index (χ0n) is 17.6. The van der Waals surface area contributed by atoms with Crippen LogP contribution in [0.25, 0.3) is 10.9 Å². The van der Waals surface area contributed by atoms with E-state index in [0.717, 1.165) is 22.4 Å². The molecule has 5 rings (SSSR count). The topological polar surface area (TPSA) is 113 Å². The number of aldehydes is 1. The van der Waals surface area contributed by atoms with Crippen LogP contribution in [0.5, 0.6) is 0 Å². The van der Waals surface area contributed by atoms with Crippen molar-refractivity contribution in [1.82, 2.24) is 19.5 Å². The fourth-order valence-corrected chi connectivity index (χ4v) is 5.98. The first-order valence-electron chi connectivity index (χ1n) is 10.2. The van der Waals surface area contributed by atoms with E-state index in [4.69, 9.17) is 0 Å². The van der Waals surface area contributed by atoms with Crippen molar-refractivity contribution in [1.29, 1.82) is 0 Å². The second-order valence-corrected chi connectivity index (χ2v) is 10.7. The van der Waals surface area contributed by atoms with Crippen molar-refractivity contribution in [3.8, 4) is 0 Å². The molecule has 1 unspecified atom stereocenters. The zero-order chi connectivity index (χ0) is 23.0. The highest BCUT2D eigenvalue weighted by molar-refractivity contribution is 8.15. The van der Waals surface area contributed by atoms with E-state index >= 15 is 0 Å². The predicted molar refractivity (Wildman–Crippen MR) is 129 cm³/mol. The molecule has 1 aliphatic rings. The number of sulfonamides is 1. The van der Waals surface area contributed by atoms with E-state index in [2.05, 4.69) is 19.9 Å². The summed E-state index contributed by atoms with van der Waals surface area (Å²) in [4.78, 5) is 27.2. The van der Waals surface area contributed by atoms with Crippen LogP contribution in [0.1, 0.15) is 16.3 Å². The summed E-state index contributed by atoms with van der Waals surface area (Å²) < 4.78 is 29.2. The van der Waals surface area contributed by atoms with Crippen molar-refractivity contribution in [3.05, 3.63) is 72.6 Å². The number of hydrogen-bond acceptors (Lipinski definition) is 7. The Kier molecular flexibility index (Phi) is 5.51. The highest BCUT2D eigenvalue weighted by Gasteiger charge is 2.26. The molecule has 1 aromatic carbocycles. The fraction of sp³-hybridized carbons (Fsp3) is 0.182. The molecule has 3 aromatic heterocycles. The van der Waals surface area contributed by atoms with Gasteiger partial charge in [0, 0.05) is 42.8 Å². The lowest BCUT2D eigenvalue weighted by Gasteiger charge is -2.19. The number of anilines is 1. The maximum absolute atomic E-state index is 13.1. The van der Waals surface area contributed by atoms with Crippen LogP contribution in [0.15, 0.2) is 71.1 Å². The minimum Gasteiger partial charge on any atom is -0.351 e. The number of aliphatic imine (C=N–C) groups is 1. The quantitative estimate of drug-likeness (QED) is 0.407. The number of thioether (sulfide) groups is 1. The summed E-state index contributed by atoms with van der Waals surface area (Å²) in [6, 6.07) is 12.3. The number of rotatable bonds is 7. The number of H-pyrrole nitrogens is 1. The van der Waals surface area contributed by atoms with Crippen LogP contribution >= 0.6 is 11.8 Å². The van der Waals surface area contributed by atoms with Crippen molar-refractivity contribution in [2.75, 3.05) is 17.9 Å². The van der Waals surface area contributed by atoms with Crippen LogP contribution in [0.3, 0.4) is 0 Å². The van der Waals surface area contributed by atoms with Gasteiger partial charge in [0.25, 0.3) is 10.0 Å². The van der Waals surface area contributed by atoms with E-state index < -0.39 is 10.0 Å². The van der Waals surface area contributed by atoms with E-state index in [9.17, 15) is 13.2 Å². The number of nitrogens with zero attached hydrogens (tertiary/aromatic N) is 5. The predicted octanol–water partition coefficient (Wildman–Crippen LogP) is 2.96. The van der Waals surface area contributed by atoms with Crippen molar-refractivity contribution in [3.63, 3.8) is 0 Å². The Labute approximate surface area is 194 Å². The van der Waals surface area contributed by atoms with Gasteiger partial charge in [-0.25, -0.2) is 9.97 Å². The molecule has 9 nitrogen and oxygen atoms in total. The number of para-hydroxylation sites is 1. The van der Waals surface area contributed by atoms with Crippen molar-refractivity contribution in [2.45, 2.75) is 16.8 Å². The Morgan fingerprint density at radius 2 is 2.09 bits per heavy atom. The SMILES string of the molecule is CN(c1cccc2cc(C3=NCC(Cn4ccnc4C=O)S3)[nH]c12)S(=O)(=O)c1ccccn1. The molecule has 1 N–H and O–H groups in total. The average molecular weight is 481 g/mol. The van der Waals surface area contributed by atoms with Gasteiger partial charge >= 0.3 is 0 Å². The molecule has 0 bridgehead atoms. The molecule has 4 heterocycles. The molecular formula is C22H20N6O3S2. The minimum absolute atomic E-state index is 0.0101. The van der Waals surface area contributed by atoms with Gasteiger partial charge in [-0.15, -0.1) is 0 Å². The molecule has 0 radical (unpaired) electrons. The molecule has 0 saturated carbocycles. The van der Waals surface area contributed by atoms with Gasteiger partial charge in [0.05, 0.1) is 23.4 Å². The molecule has 0 fully saturated rings. The van der Waals surface area contributed by atoms with Crippen LogP contribution < -0.4 is 4.31 Å². The van der Waals surface area contributed by atoms with E-state index in [1.54, 1.807) is 42.4 Å². The van der Waals surface area contributed by atoms with Gasteiger partial charge < -0.3 is 9.55 Å². The molecule has 0 amide bonds. The van der Waals surface area contributed by atoms with Gasteiger partial charge in [-0.1, -0.05) is 30.0 Å². The summed E-state index contributed by atoms with van der Waals surface area (Å²) in [6.45, 7) is 1.24. The standard InChI is InChI=1S/C22H20N6O3S2/c1-27(33(30,31)20-7-2-3-8-24-20)18-6-4-5-15-11-17(26-21(15)18)22-25-12-16(32-22)13-28-10-9-23-19(28)14-29/h2-11,14,16,26H,12-13H2,1H3. The van der Waals surface area contributed by atoms with Crippen LogP contribution in [-0.2, 0) is 16.6 Å². The first-order chi connectivity index (χ1) is 16.0. The summed E-state index contributed by atoms with van der Waals surface area (Å²) in [5.74, 6) is 0.399. The second-order valence-electron chi connectivity index (χ2n) is 7.51. The number of nitrogens with one attached hydrogen (secondary N) is 1. The van der Waals surface area contributed by atoms with Gasteiger partial charge in [-0.3, -0.25) is 14.1 Å². The summed E-state index contributed by atoms with van der Waals surface area (Å²) in [7, 11) is -2.29. The van der Waals surface area contributed by atoms with Crippen LogP contribution in [-0.4, -0.2) is 58.1 Å². The van der Waals surface area contributed by atoms with Gasteiger partial charge in [0.2, 0.25) is 0 Å². The summed E-state index contributed by atoms with van der Waals surface area (Å²) in [5, 5.41) is 1.90. The first-order valence-corrected chi connectivity index (χ1v) is 12.5. The number of imidazole rings is 1. The largest absolute Gasteiger partial charge is 0.351 e. The lowest BCUT2D eigenvalue weighted by atomic mass is 10.2. The molecule has 0 saturated heterocycles. The zero-order valence-corrected chi connectivity index (χ0v) is 19.3. The molecule has 33 heavy (non-hydrogen) atoms. The third-order valence-electron chi connectivity index (χ3n) is 5.44. The number of aromatic amines is 1. The second kappa shape index (κ2) is 8.49. The molecule has 11 heteroatoms. The van der Waals surface area contributed by atoms with E-state index in [1.807, 2.05) is 22.8 Å². The molecule has 1 atom stereocenters. The lowest BCUT2D eigenvalue weighted by molar-refractivity contribution is 0.111.